The van der Waals surface area contributed by atoms with Crippen molar-refractivity contribution in [2.45, 2.75) is 39.0 Å². The number of carbonyl (C=O) groups is 2. The van der Waals surface area contributed by atoms with E-state index in [1.165, 1.54) is 11.3 Å². The molecule has 3 aromatic rings. The van der Waals surface area contributed by atoms with Gasteiger partial charge in [-0.2, -0.15) is 0 Å². The molecule has 5 rings (SSSR count). The number of fused-ring (bicyclic) bond motifs is 1. The maximum absolute atomic E-state index is 13.3. The van der Waals surface area contributed by atoms with Crippen LogP contribution in [-0.2, 0) is 22.4 Å². The molecule has 1 fully saturated rings. The number of urea groups is 1. The summed E-state index contributed by atoms with van der Waals surface area (Å²) in [5, 5.41) is 14.1. The van der Waals surface area contributed by atoms with E-state index in [9.17, 15) is 14.7 Å². The lowest BCUT2D eigenvalue weighted by atomic mass is 10.1. The van der Waals surface area contributed by atoms with Gasteiger partial charge in [0.05, 0.1) is 6.61 Å². The Hall–Kier alpha value is -3.88. The molecule has 40 heavy (non-hydrogen) atoms. The summed E-state index contributed by atoms with van der Waals surface area (Å²) in [6.45, 7) is 7.84. The first-order valence-corrected chi connectivity index (χ1v) is 14.1. The third kappa shape index (κ3) is 6.29. The van der Waals surface area contributed by atoms with Crippen LogP contribution in [0.2, 0.25) is 0 Å². The predicted octanol–water partition coefficient (Wildman–Crippen LogP) is 4.05. The number of aliphatic hydroxyl groups is 1. The molecule has 210 valence electrons. The van der Waals surface area contributed by atoms with Gasteiger partial charge in [0.2, 0.25) is 0 Å². The van der Waals surface area contributed by atoms with Gasteiger partial charge in [-0.3, -0.25) is 9.80 Å². The Morgan fingerprint density at radius 3 is 2.45 bits per heavy atom. The quantitative estimate of drug-likeness (QED) is 0.418. The number of ether oxygens (including phenoxy) is 1. The van der Waals surface area contributed by atoms with Crippen LogP contribution in [-0.4, -0.2) is 67.4 Å². The Balaban J connectivity index is 1.22. The zero-order chi connectivity index (χ0) is 28.1. The minimum Gasteiger partial charge on any atom is -0.464 e. The SMILES string of the molecule is CCOC(=O)C(Cc1ccccc1)NC(=O)N1CCc2cc(C(O)N3CCN(c4cccc(C)c4)CC3)ccc21. The Labute approximate surface area is 236 Å². The van der Waals surface area contributed by atoms with Gasteiger partial charge in [-0.25, -0.2) is 9.59 Å². The Kier molecular flexibility index (Phi) is 8.67. The highest BCUT2D eigenvalue weighted by Crippen LogP contribution is 2.32. The molecule has 1 saturated heterocycles. The van der Waals surface area contributed by atoms with E-state index in [0.717, 1.165) is 48.6 Å². The second kappa shape index (κ2) is 12.5. The van der Waals surface area contributed by atoms with Crippen LogP contribution in [0.3, 0.4) is 0 Å². The van der Waals surface area contributed by atoms with Gasteiger partial charge in [0.15, 0.2) is 0 Å². The van der Waals surface area contributed by atoms with Crippen molar-refractivity contribution < 1.29 is 19.4 Å². The number of hydrogen-bond donors (Lipinski definition) is 2. The topological polar surface area (TPSA) is 85.3 Å². The van der Waals surface area contributed by atoms with E-state index >= 15 is 0 Å². The summed E-state index contributed by atoms with van der Waals surface area (Å²) in [6, 6.07) is 22.8. The maximum atomic E-state index is 13.3. The zero-order valence-corrected chi connectivity index (χ0v) is 23.3. The molecule has 0 spiro atoms. The highest BCUT2D eigenvalue weighted by molar-refractivity contribution is 5.96. The number of piperazine rings is 1. The summed E-state index contributed by atoms with van der Waals surface area (Å²) < 4.78 is 5.24. The minimum atomic E-state index is -0.779. The third-order valence-electron chi connectivity index (χ3n) is 7.72. The van der Waals surface area contributed by atoms with Crippen molar-refractivity contribution in [2.24, 2.45) is 0 Å². The number of esters is 1. The number of carbonyl (C=O) groups excluding carboxylic acids is 2. The Morgan fingerprint density at radius 1 is 0.950 bits per heavy atom. The summed E-state index contributed by atoms with van der Waals surface area (Å²) in [4.78, 5) is 32.1. The minimum absolute atomic E-state index is 0.249. The van der Waals surface area contributed by atoms with Crippen LogP contribution >= 0.6 is 0 Å². The van der Waals surface area contributed by atoms with Crippen molar-refractivity contribution in [2.75, 3.05) is 49.1 Å². The number of benzene rings is 3. The average Bonchev–Trinajstić information content (AvgIpc) is 3.41. The molecule has 2 aliphatic heterocycles. The summed E-state index contributed by atoms with van der Waals surface area (Å²) in [5.74, 6) is -0.444. The van der Waals surface area contributed by atoms with Gasteiger partial charge in [-0.15, -0.1) is 0 Å². The van der Waals surface area contributed by atoms with E-state index in [4.69, 9.17) is 4.74 Å². The van der Waals surface area contributed by atoms with Crippen LogP contribution in [0, 0.1) is 6.92 Å². The monoisotopic (exact) mass is 542 g/mol. The summed E-state index contributed by atoms with van der Waals surface area (Å²) in [6.07, 6.45) is 0.341. The Morgan fingerprint density at radius 2 is 1.73 bits per heavy atom. The van der Waals surface area contributed by atoms with E-state index < -0.39 is 18.2 Å². The Bertz CT molecular complexity index is 1320. The van der Waals surface area contributed by atoms with E-state index in [-0.39, 0.29) is 12.6 Å². The van der Waals surface area contributed by atoms with Crippen molar-refractivity contribution in [3.8, 4) is 0 Å². The zero-order valence-electron chi connectivity index (χ0n) is 23.3. The van der Waals surface area contributed by atoms with Gasteiger partial charge in [0, 0.05) is 50.5 Å². The molecular formula is C32H38N4O4. The van der Waals surface area contributed by atoms with Crippen LogP contribution in [0.15, 0.2) is 72.8 Å². The van der Waals surface area contributed by atoms with E-state index in [1.807, 2.05) is 48.5 Å². The van der Waals surface area contributed by atoms with Crippen LogP contribution < -0.4 is 15.1 Å². The molecule has 2 atom stereocenters. The van der Waals surface area contributed by atoms with Gasteiger partial charge >= 0.3 is 12.0 Å². The van der Waals surface area contributed by atoms with Gasteiger partial charge in [0.1, 0.15) is 12.3 Å². The molecule has 0 bridgehead atoms. The first-order chi connectivity index (χ1) is 19.4. The molecule has 3 aromatic carbocycles. The molecule has 2 aliphatic rings. The first-order valence-electron chi connectivity index (χ1n) is 14.1. The lowest BCUT2D eigenvalue weighted by molar-refractivity contribution is -0.145. The number of amides is 2. The van der Waals surface area contributed by atoms with Gasteiger partial charge in [-0.05, 0) is 66.8 Å². The second-order valence-electron chi connectivity index (χ2n) is 10.5. The molecule has 2 heterocycles. The molecule has 8 heteroatoms. The molecule has 2 amide bonds. The average molecular weight is 543 g/mol. The molecule has 0 saturated carbocycles. The lowest BCUT2D eigenvalue weighted by Crippen LogP contribution is -2.49. The van der Waals surface area contributed by atoms with Crippen molar-refractivity contribution >= 4 is 23.4 Å². The van der Waals surface area contributed by atoms with Crippen LogP contribution in [0.5, 0.6) is 0 Å². The fraction of sp³-hybridized carbons (Fsp3) is 0.375. The molecular weight excluding hydrogens is 504 g/mol. The number of nitrogens with zero attached hydrogens (tertiary/aromatic N) is 3. The highest BCUT2D eigenvalue weighted by Gasteiger charge is 2.31. The number of hydrogen-bond acceptors (Lipinski definition) is 6. The fourth-order valence-electron chi connectivity index (χ4n) is 5.57. The normalized spacial score (nSPS) is 16.8. The van der Waals surface area contributed by atoms with Gasteiger partial charge < -0.3 is 20.1 Å². The van der Waals surface area contributed by atoms with Crippen molar-refractivity contribution in [1.29, 1.82) is 0 Å². The second-order valence-corrected chi connectivity index (χ2v) is 10.5. The van der Waals surface area contributed by atoms with Gasteiger partial charge in [-0.1, -0.05) is 48.5 Å². The lowest BCUT2D eigenvalue weighted by Gasteiger charge is -2.38. The standard InChI is InChI=1S/C32H38N4O4/c1-3-40-31(38)28(21-24-9-5-4-6-10-24)33-32(39)36-15-14-25-22-26(12-13-29(25)36)30(37)35-18-16-34(17-19-35)27-11-7-8-23(2)20-27/h4-13,20,22,28,30,37H,3,14-19,21H2,1-2H3,(H,33,39). The third-order valence-corrected chi connectivity index (χ3v) is 7.72. The number of nitrogens with one attached hydrogen (secondary N) is 1. The van der Waals surface area contributed by atoms with Crippen LogP contribution in [0.1, 0.15) is 35.4 Å². The molecule has 2 unspecified atom stereocenters. The van der Waals surface area contributed by atoms with Crippen molar-refractivity contribution in [3.63, 3.8) is 0 Å². The molecule has 0 aliphatic carbocycles. The van der Waals surface area contributed by atoms with Crippen molar-refractivity contribution in [1.82, 2.24) is 10.2 Å². The van der Waals surface area contributed by atoms with Crippen LogP contribution in [0.4, 0.5) is 16.2 Å². The largest absolute Gasteiger partial charge is 0.464 e. The first kappa shape index (κ1) is 27.7. The molecule has 0 aromatic heterocycles. The molecule has 8 nitrogen and oxygen atoms in total. The van der Waals surface area contributed by atoms with E-state index in [2.05, 4.69) is 46.3 Å². The number of aryl methyl sites for hydroxylation is 1. The molecule has 0 radical (unpaired) electrons. The fourth-order valence-corrected chi connectivity index (χ4v) is 5.57. The van der Waals surface area contributed by atoms with Crippen molar-refractivity contribution in [3.05, 3.63) is 95.1 Å². The summed E-state index contributed by atoms with van der Waals surface area (Å²) in [7, 11) is 0. The van der Waals surface area contributed by atoms with E-state index in [0.29, 0.717) is 19.4 Å². The van der Waals surface area contributed by atoms with Gasteiger partial charge in [0.25, 0.3) is 0 Å². The number of aliphatic hydroxyl groups excluding tert-OH is 1. The van der Waals surface area contributed by atoms with E-state index in [1.54, 1.807) is 11.8 Å². The number of rotatable bonds is 8. The maximum Gasteiger partial charge on any atom is 0.329 e. The highest BCUT2D eigenvalue weighted by atomic mass is 16.5. The summed E-state index contributed by atoms with van der Waals surface area (Å²) in [5.41, 5.74) is 6.06. The smallest absolute Gasteiger partial charge is 0.329 e. The van der Waals surface area contributed by atoms with Crippen LogP contribution in [0.25, 0.3) is 0 Å². The number of anilines is 2. The molecule has 2 N–H and O–H groups in total. The predicted molar refractivity (Wildman–Crippen MR) is 157 cm³/mol. The summed E-state index contributed by atoms with van der Waals surface area (Å²) >= 11 is 0.